The van der Waals surface area contributed by atoms with Crippen LogP contribution in [0.3, 0.4) is 0 Å². The van der Waals surface area contributed by atoms with Crippen LogP contribution in [0.15, 0.2) is 48.5 Å². The van der Waals surface area contributed by atoms with E-state index >= 15 is 0 Å². The first-order valence-electron chi connectivity index (χ1n) is 9.42. The van der Waals surface area contributed by atoms with E-state index in [1.165, 1.54) is 0 Å². The molecule has 3 aromatic rings. The highest BCUT2D eigenvalue weighted by Crippen LogP contribution is 2.25. The van der Waals surface area contributed by atoms with Crippen LogP contribution < -0.4 is 10.2 Å². The number of halogens is 1. The molecular formula is C22H21ClN4O2. The van der Waals surface area contributed by atoms with E-state index < -0.39 is 0 Å². The van der Waals surface area contributed by atoms with Crippen LogP contribution in [0.5, 0.6) is 0 Å². The summed E-state index contributed by atoms with van der Waals surface area (Å²) in [7, 11) is 0. The number of benzene rings is 2. The molecule has 0 fully saturated rings. The second-order valence-corrected chi connectivity index (χ2v) is 7.62. The fourth-order valence-corrected chi connectivity index (χ4v) is 3.55. The lowest BCUT2D eigenvalue weighted by Gasteiger charge is -2.27. The van der Waals surface area contributed by atoms with Gasteiger partial charge in [0.2, 0.25) is 5.91 Å². The third-order valence-electron chi connectivity index (χ3n) is 4.98. The third-order valence-corrected chi connectivity index (χ3v) is 5.39. The molecule has 0 bridgehead atoms. The molecule has 0 atom stereocenters. The Morgan fingerprint density at radius 1 is 1.14 bits per heavy atom. The SMILES string of the molecule is Cc1cc2n(n1)CCC(=O)N2Cc1ccc(C(=O)Nc2ccc(C)c(Cl)c2)cc1. The maximum absolute atomic E-state index is 12.5. The van der Waals surface area contributed by atoms with Gasteiger partial charge in [0.25, 0.3) is 5.91 Å². The average Bonchev–Trinajstić information content (AvgIpc) is 3.08. The first kappa shape index (κ1) is 19.2. The minimum absolute atomic E-state index is 0.0791. The summed E-state index contributed by atoms with van der Waals surface area (Å²) in [6, 6.07) is 14.6. The number of fused-ring (bicyclic) bond motifs is 1. The number of amides is 2. The van der Waals surface area contributed by atoms with Gasteiger partial charge in [-0.25, -0.2) is 4.68 Å². The lowest BCUT2D eigenvalue weighted by Crippen LogP contribution is -2.36. The minimum atomic E-state index is -0.209. The van der Waals surface area contributed by atoms with Crippen molar-refractivity contribution in [1.29, 1.82) is 0 Å². The lowest BCUT2D eigenvalue weighted by molar-refractivity contribution is -0.119. The number of carbonyl (C=O) groups excluding carboxylic acids is 2. The Balaban J connectivity index is 1.47. The molecular weight excluding hydrogens is 388 g/mol. The molecule has 7 heteroatoms. The largest absolute Gasteiger partial charge is 0.322 e. The highest BCUT2D eigenvalue weighted by Gasteiger charge is 2.25. The number of nitrogens with one attached hydrogen (secondary N) is 1. The number of aromatic nitrogens is 2. The van der Waals surface area contributed by atoms with Gasteiger partial charge in [0.1, 0.15) is 5.82 Å². The van der Waals surface area contributed by atoms with Gasteiger partial charge in [0.15, 0.2) is 0 Å². The van der Waals surface area contributed by atoms with Crippen LogP contribution in [0.4, 0.5) is 11.5 Å². The van der Waals surface area contributed by atoms with Gasteiger partial charge < -0.3 is 5.32 Å². The van der Waals surface area contributed by atoms with E-state index in [-0.39, 0.29) is 11.8 Å². The number of nitrogens with zero attached hydrogens (tertiary/aromatic N) is 3. The maximum atomic E-state index is 12.5. The van der Waals surface area contributed by atoms with Crippen molar-refractivity contribution in [3.05, 3.63) is 75.9 Å². The van der Waals surface area contributed by atoms with Gasteiger partial charge in [-0.1, -0.05) is 29.8 Å². The summed E-state index contributed by atoms with van der Waals surface area (Å²) in [4.78, 5) is 26.7. The smallest absolute Gasteiger partial charge is 0.255 e. The van der Waals surface area contributed by atoms with E-state index in [1.807, 2.05) is 48.9 Å². The molecule has 1 aliphatic heterocycles. The molecule has 148 valence electrons. The number of rotatable bonds is 4. The summed E-state index contributed by atoms with van der Waals surface area (Å²) in [6.07, 6.45) is 0.438. The Hall–Kier alpha value is -3.12. The zero-order valence-electron chi connectivity index (χ0n) is 16.3. The van der Waals surface area contributed by atoms with Crippen LogP contribution in [0.25, 0.3) is 0 Å². The molecule has 29 heavy (non-hydrogen) atoms. The zero-order valence-corrected chi connectivity index (χ0v) is 17.0. The van der Waals surface area contributed by atoms with Gasteiger partial charge in [0.05, 0.1) is 18.8 Å². The van der Waals surface area contributed by atoms with Crippen molar-refractivity contribution >= 4 is 34.9 Å². The van der Waals surface area contributed by atoms with E-state index in [4.69, 9.17) is 11.6 Å². The molecule has 0 saturated carbocycles. The molecule has 1 aliphatic rings. The van der Waals surface area contributed by atoms with E-state index in [0.717, 1.165) is 22.6 Å². The Morgan fingerprint density at radius 3 is 2.62 bits per heavy atom. The third kappa shape index (κ3) is 4.03. The van der Waals surface area contributed by atoms with Crippen molar-refractivity contribution < 1.29 is 9.59 Å². The molecule has 0 spiro atoms. The van der Waals surface area contributed by atoms with E-state index in [2.05, 4.69) is 10.4 Å². The Morgan fingerprint density at radius 2 is 1.90 bits per heavy atom. The highest BCUT2D eigenvalue weighted by molar-refractivity contribution is 6.31. The van der Waals surface area contributed by atoms with Gasteiger partial charge in [-0.05, 0) is 49.2 Å². The first-order valence-corrected chi connectivity index (χ1v) is 9.80. The van der Waals surface area contributed by atoms with Gasteiger partial charge in [-0.2, -0.15) is 5.10 Å². The van der Waals surface area contributed by atoms with Gasteiger partial charge >= 0.3 is 0 Å². The standard InChI is InChI=1S/C22H21ClN4O2/c1-14-3-8-18(12-19(14)23)24-22(29)17-6-4-16(5-7-17)13-26-20-11-15(2)25-27(20)10-9-21(26)28/h3-8,11-12H,9-10,13H2,1-2H3,(H,24,29). The number of hydrogen-bond donors (Lipinski definition) is 1. The summed E-state index contributed by atoms with van der Waals surface area (Å²) in [5, 5.41) is 7.89. The number of hydrogen-bond acceptors (Lipinski definition) is 3. The second kappa shape index (κ2) is 7.72. The summed E-state index contributed by atoms with van der Waals surface area (Å²) in [6.45, 7) is 4.89. The number of anilines is 2. The maximum Gasteiger partial charge on any atom is 0.255 e. The van der Waals surface area contributed by atoms with Crippen molar-refractivity contribution in [3.8, 4) is 0 Å². The van der Waals surface area contributed by atoms with Crippen molar-refractivity contribution in [3.63, 3.8) is 0 Å². The summed E-state index contributed by atoms with van der Waals surface area (Å²) in [5.41, 5.74) is 3.98. The predicted molar refractivity (Wildman–Crippen MR) is 113 cm³/mol. The van der Waals surface area contributed by atoms with E-state index in [0.29, 0.717) is 35.8 Å². The van der Waals surface area contributed by atoms with Gasteiger partial charge in [-0.15, -0.1) is 0 Å². The molecule has 2 heterocycles. The summed E-state index contributed by atoms with van der Waals surface area (Å²) in [5.74, 6) is 0.687. The molecule has 1 aromatic heterocycles. The molecule has 4 rings (SSSR count). The average molecular weight is 409 g/mol. The van der Waals surface area contributed by atoms with Gasteiger partial charge in [-0.3, -0.25) is 14.5 Å². The van der Waals surface area contributed by atoms with Crippen molar-refractivity contribution in [2.75, 3.05) is 10.2 Å². The second-order valence-electron chi connectivity index (χ2n) is 7.21. The predicted octanol–water partition coefficient (Wildman–Crippen LogP) is 4.34. The van der Waals surface area contributed by atoms with Crippen molar-refractivity contribution in [2.24, 2.45) is 0 Å². The highest BCUT2D eigenvalue weighted by atomic mass is 35.5. The number of aryl methyl sites for hydroxylation is 3. The quantitative estimate of drug-likeness (QED) is 0.698. The van der Waals surface area contributed by atoms with Crippen molar-refractivity contribution in [2.45, 2.75) is 33.4 Å². The Labute approximate surface area is 174 Å². The molecule has 1 N–H and O–H groups in total. The molecule has 0 aliphatic carbocycles. The Kier molecular flexibility index (Phi) is 5.11. The molecule has 2 aromatic carbocycles. The minimum Gasteiger partial charge on any atom is -0.322 e. The topological polar surface area (TPSA) is 67.2 Å². The first-order chi connectivity index (χ1) is 13.9. The van der Waals surface area contributed by atoms with Gasteiger partial charge in [0, 0.05) is 28.8 Å². The lowest BCUT2D eigenvalue weighted by atomic mass is 10.1. The summed E-state index contributed by atoms with van der Waals surface area (Å²) >= 11 is 6.12. The molecule has 0 saturated heterocycles. The monoisotopic (exact) mass is 408 g/mol. The van der Waals surface area contributed by atoms with Crippen LogP contribution in [0.1, 0.15) is 33.6 Å². The van der Waals surface area contributed by atoms with Crippen LogP contribution >= 0.6 is 11.6 Å². The molecule has 0 unspecified atom stereocenters. The van der Waals surface area contributed by atoms with Crippen LogP contribution in [-0.2, 0) is 17.9 Å². The molecule has 6 nitrogen and oxygen atoms in total. The van der Waals surface area contributed by atoms with Crippen molar-refractivity contribution in [1.82, 2.24) is 9.78 Å². The normalized spacial score (nSPS) is 13.3. The fourth-order valence-electron chi connectivity index (χ4n) is 3.37. The van der Waals surface area contributed by atoms with Crippen LogP contribution in [-0.4, -0.2) is 21.6 Å². The summed E-state index contributed by atoms with van der Waals surface area (Å²) < 4.78 is 1.87. The molecule has 2 amide bonds. The fraction of sp³-hybridized carbons (Fsp3) is 0.227. The van der Waals surface area contributed by atoms with E-state index in [1.54, 1.807) is 23.1 Å². The molecule has 0 radical (unpaired) electrons. The Bertz CT molecular complexity index is 1090. The van der Waals surface area contributed by atoms with E-state index in [9.17, 15) is 9.59 Å². The van der Waals surface area contributed by atoms with Crippen LogP contribution in [0.2, 0.25) is 5.02 Å². The number of carbonyl (C=O) groups is 2. The van der Waals surface area contributed by atoms with Crippen LogP contribution in [0, 0.1) is 13.8 Å². The zero-order chi connectivity index (χ0) is 20.5.